The summed E-state index contributed by atoms with van der Waals surface area (Å²) >= 11 is 7.18. The highest BCUT2D eigenvalue weighted by Crippen LogP contribution is 2.35. The summed E-state index contributed by atoms with van der Waals surface area (Å²) in [5.74, 6) is 0.843. The predicted molar refractivity (Wildman–Crippen MR) is 94.9 cm³/mol. The van der Waals surface area contributed by atoms with Crippen LogP contribution in [0.4, 0.5) is 0 Å². The van der Waals surface area contributed by atoms with Crippen LogP contribution in [0.15, 0.2) is 39.3 Å². The van der Waals surface area contributed by atoms with Gasteiger partial charge in [0.2, 0.25) is 0 Å². The molecule has 0 heterocycles. The Hall–Kier alpha value is -0.840. The Morgan fingerprint density at radius 2 is 1.71 bits per heavy atom. The lowest BCUT2D eigenvalue weighted by atomic mass is 10.1. The van der Waals surface area contributed by atoms with Crippen molar-refractivity contribution in [3.63, 3.8) is 0 Å². The van der Waals surface area contributed by atoms with E-state index in [1.54, 1.807) is 0 Å². The van der Waals surface area contributed by atoms with Gasteiger partial charge in [0.1, 0.15) is 12.4 Å². The van der Waals surface area contributed by atoms with E-state index in [9.17, 15) is 0 Å². The number of halogens is 2. The number of nitrogens with one attached hydrogen (secondary N) is 1. The highest BCUT2D eigenvalue weighted by Gasteiger charge is 2.10. The minimum absolute atomic E-state index is 0.566. The van der Waals surface area contributed by atoms with Crippen molar-refractivity contribution in [2.75, 3.05) is 7.05 Å². The fourth-order valence-electron chi connectivity index (χ4n) is 2.16. The van der Waals surface area contributed by atoms with Crippen LogP contribution in [0.5, 0.6) is 5.75 Å². The van der Waals surface area contributed by atoms with Gasteiger partial charge in [0.25, 0.3) is 0 Å². The van der Waals surface area contributed by atoms with E-state index in [0.29, 0.717) is 6.61 Å². The molecule has 2 rings (SSSR count). The molecule has 21 heavy (non-hydrogen) atoms. The molecule has 0 spiro atoms. The van der Waals surface area contributed by atoms with Crippen LogP contribution in [0, 0.1) is 13.8 Å². The molecule has 0 fully saturated rings. The van der Waals surface area contributed by atoms with E-state index >= 15 is 0 Å². The van der Waals surface area contributed by atoms with E-state index in [2.05, 4.69) is 81.4 Å². The summed E-state index contributed by atoms with van der Waals surface area (Å²) in [5.41, 5.74) is 4.92. The molecule has 0 saturated carbocycles. The number of hydrogen-bond acceptors (Lipinski definition) is 2. The smallest absolute Gasteiger partial charge is 0.148 e. The Bertz CT molecular complexity index is 618. The van der Waals surface area contributed by atoms with Crippen molar-refractivity contribution in [2.45, 2.75) is 27.0 Å². The lowest BCUT2D eigenvalue weighted by molar-refractivity contribution is 0.301. The first kappa shape index (κ1) is 16.5. The monoisotopic (exact) mass is 411 g/mol. The Labute approximate surface area is 143 Å². The normalized spacial score (nSPS) is 10.7. The second kappa shape index (κ2) is 7.43. The van der Waals surface area contributed by atoms with Crippen molar-refractivity contribution in [3.8, 4) is 5.75 Å². The van der Waals surface area contributed by atoms with E-state index in [4.69, 9.17) is 4.74 Å². The fraction of sp³-hybridized carbons (Fsp3) is 0.294. The van der Waals surface area contributed by atoms with Crippen molar-refractivity contribution in [1.29, 1.82) is 0 Å². The largest absolute Gasteiger partial charge is 0.487 e. The molecule has 1 N–H and O–H groups in total. The Morgan fingerprint density at radius 3 is 2.33 bits per heavy atom. The van der Waals surface area contributed by atoms with Crippen molar-refractivity contribution in [2.24, 2.45) is 0 Å². The molecule has 2 nitrogen and oxygen atoms in total. The first-order chi connectivity index (χ1) is 10.0. The maximum Gasteiger partial charge on any atom is 0.148 e. The summed E-state index contributed by atoms with van der Waals surface area (Å²) in [6.07, 6.45) is 0. The summed E-state index contributed by atoms with van der Waals surface area (Å²) in [7, 11) is 1.94. The Kier molecular flexibility index (Phi) is 5.85. The van der Waals surface area contributed by atoms with Gasteiger partial charge in [-0.1, -0.05) is 23.8 Å². The van der Waals surface area contributed by atoms with E-state index < -0.39 is 0 Å². The highest BCUT2D eigenvalue weighted by molar-refractivity contribution is 9.11. The predicted octanol–water partition coefficient (Wildman–Crippen LogP) is 5.13. The van der Waals surface area contributed by atoms with Gasteiger partial charge in [-0.15, -0.1) is 0 Å². The van der Waals surface area contributed by atoms with Crippen molar-refractivity contribution in [1.82, 2.24) is 5.32 Å². The highest BCUT2D eigenvalue weighted by atomic mass is 79.9. The van der Waals surface area contributed by atoms with Gasteiger partial charge in [0.05, 0.1) is 8.95 Å². The van der Waals surface area contributed by atoms with Crippen LogP contribution in [0.25, 0.3) is 0 Å². The molecule has 0 aliphatic rings. The number of ether oxygens (including phenoxy) is 1. The third-order valence-corrected chi connectivity index (χ3v) is 4.49. The lowest BCUT2D eigenvalue weighted by Crippen LogP contribution is -2.06. The molecular weight excluding hydrogens is 394 g/mol. The molecule has 0 atom stereocenters. The van der Waals surface area contributed by atoms with Gasteiger partial charge >= 0.3 is 0 Å². The molecule has 2 aromatic rings. The minimum Gasteiger partial charge on any atom is -0.487 e. The first-order valence-electron chi connectivity index (χ1n) is 6.82. The Morgan fingerprint density at radius 1 is 1.05 bits per heavy atom. The van der Waals surface area contributed by atoms with Crippen LogP contribution in [0.2, 0.25) is 0 Å². The van der Waals surface area contributed by atoms with Gasteiger partial charge < -0.3 is 10.1 Å². The van der Waals surface area contributed by atoms with Gasteiger partial charge in [0, 0.05) is 6.54 Å². The van der Waals surface area contributed by atoms with Crippen LogP contribution >= 0.6 is 31.9 Å². The number of hydrogen-bond donors (Lipinski definition) is 1. The quantitative estimate of drug-likeness (QED) is 0.735. The maximum absolute atomic E-state index is 6.01. The Balaban J connectivity index is 2.18. The zero-order chi connectivity index (χ0) is 15.4. The lowest BCUT2D eigenvalue weighted by Gasteiger charge is -2.14. The molecule has 0 bridgehead atoms. The molecule has 0 aliphatic heterocycles. The average Bonchev–Trinajstić information content (AvgIpc) is 2.42. The van der Waals surface area contributed by atoms with Crippen LogP contribution < -0.4 is 10.1 Å². The molecule has 0 amide bonds. The molecular formula is C17H19Br2NO. The molecule has 112 valence electrons. The van der Waals surface area contributed by atoms with Gasteiger partial charge in [0.15, 0.2) is 0 Å². The third-order valence-electron chi connectivity index (χ3n) is 3.32. The summed E-state index contributed by atoms with van der Waals surface area (Å²) in [4.78, 5) is 0. The first-order valence-corrected chi connectivity index (χ1v) is 8.41. The molecule has 0 radical (unpaired) electrons. The summed E-state index contributed by atoms with van der Waals surface area (Å²) in [5, 5.41) is 3.15. The summed E-state index contributed by atoms with van der Waals surface area (Å²) in [6.45, 7) is 5.60. The molecule has 0 unspecified atom stereocenters. The molecule has 0 aliphatic carbocycles. The van der Waals surface area contributed by atoms with E-state index in [1.165, 1.54) is 22.3 Å². The van der Waals surface area contributed by atoms with Crippen molar-refractivity contribution >= 4 is 31.9 Å². The molecule has 0 saturated heterocycles. The number of aryl methyl sites for hydroxylation is 2. The second-order valence-electron chi connectivity index (χ2n) is 5.14. The van der Waals surface area contributed by atoms with Crippen molar-refractivity contribution in [3.05, 3.63) is 61.5 Å². The summed E-state index contributed by atoms with van der Waals surface area (Å²) in [6, 6.07) is 10.6. The van der Waals surface area contributed by atoms with Gasteiger partial charge in [-0.25, -0.2) is 0 Å². The number of benzene rings is 2. The zero-order valence-electron chi connectivity index (χ0n) is 12.5. The van der Waals surface area contributed by atoms with Crippen molar-refractivity contribution < 1.29 is 4.74 Å². The van der Waals surface area contributed by atoms with Crippen LogP contribution in [0.3, 0.4) is 0 Å². The standard InChI is InChI=1S/C17H19Br2NO/c1-11-4-5-12(2)14(6-11)10-21-17-15(18)7-13(9-20-3)8-16(17)19/h4-8,20H,9-10H2,1-3H3. The topological polar surface area (TPSA) is 21.3 Å². The van der Waals surface area contributed by atoms with Crippen LogP contribution in [-0.4, -0.2) is 7.05 Å². The second-order valence-corrected chi connectivity index (χ2v) is 6.85. The minimum atomic E-state index is 0.566. The van der Waals surface area contributed by atoms with Gasteiger partial charge in [-0.3, -0.25) is 0 Å². The van der Waals surface area contributed by atoms with Gasteiger partial charge in [-0.05, 0) is 81.6 Å². The molecule has 4 heteroatoms. The zero-order valence-corrected chi connectivity index (χ0v) is 15.6. The average molecular weight is 413 g/mol. The van der Waals surface area contributed by atoms with E-state index in [0.717, 1.165) is 21.2 Å². The molecule has 2 aromatic carbocycles. The van der Waals surface area contributed by atoms with Crippen LogP contribution in [-0.2, 0) is 13.2 Å². The third kappa shape index (κ3) is 4.31. The summed E-state index contributed by atoms with van der Waals surface area (Å²) < 4.78 is 7.94. The maximum atomic E-state index is 6.01. The van der Waals surface area contributed by atoms with Gasteiger partial charge in [-0.2, -0.15) is 0 Å². The number of rotatable bonds is 5. The van der Waals surface area contributed by atoms with E-state index in [1.807, 2.05) is 7.05 Å². The molecule has 0 aromatic heterocycles. The van der Waals surface area contributed by atoms with E-state index in [-0.39, 0.29) is 0 Å². The SMILES string of the molecule is CNCc1cc(Br)c(OCc2cc(C)ccc2C)c(Br)c1. The fourth-order valence-corrected chi connectivity index (χ4v) is 3.67. The van der Waals surface area contributed by atoms with Crippen LogP contribution in [0.1, 0.15) is 22.3 Å².